The molecule has 0 radical (unpaired) electrons. The summed E-state index contributed by atoms with van der Waals surface area (Å²) in [4.78, 5) is 32.2. The van der Waals surface area contributed by atoms with E-state index in [0.29, 0.717) is 16.9 Å². The van der Waals surface area contributed by atoms with E-state index in [9.17, 15) is 14.0 Å². The number of benzene rings is 2. The number of H-pyrrole nitrogens is 1. The lowest BCUT2D eigenvalue weighted by atomic mass is 10.1. The third kappa shape index (κ3) is 4.73. The Morgan fingerprint density at radius 2 is 1.75 bits per heavy atom. The molecule has 4 rings (SSSR count). The minimum Gasteiger partial charge on any atom is -0.367 e. The zero-order chi connectivity index (χ0) is 22.7. The van der Waals surface area contributed by atoms with Gasteiger partial charge in [-0.25, -0.2) is 4.39 Å². The summed E-state index contributed by atoms with van der Waals surface area (Å²) in [5, 5.41) is 2.80. The second kappa shape index (κ2) is 9.36. The van der Waals surface area contributed by atoms with Gasteiger partial charge in [0.1, 0.15) is 11.4 Å². The number of carbonyl (C=O) groups excluding carboxylic acids is 1. The van der Waals surface area contributed by atoms with Crippen LogP contribution in [0, 0.1) is 5.82 Å². The number of nitrogens with one attached hydrogen (secondary N) is 2. The predicted molar refractivity (Wildman–Crippen MR) is 124 cm³/mol. The Morgan fingerprint density at radius 3 is 2.41 bits per heavy atom. The van der Waals surface area contributed by atoms with Crippen molar-refractivity contribution < 1.29 is 9.18 Å². The minimum absolute atomic E-state index is 0.0195. The van der Waals surface area contributed by atoms with Crippen LogP contribution in [-0.4, -0.2) is 49.0 Å². The second-order valence-corrected chi connectivity index (χ2v) is 8.18. The van der Waals surface area contributed by atoms with Gasteiger partial charge in [0.2, 0.25) is 0 Å². The molecule has 1 atom stereocenters. The maximum Gasteiger partial charge on any atom is 0.261 e. The molecule has 1 unspecified atom stereocenters. The summed E-state index contributed by atoms with van der Waals surface area (Å²) >= 11 is 0. The van der Waals surface area contributed by atoms with Crippen molar-refractivity contribution in [1.82, 2.24) is 15.2 Å². The molecular weight excluding hydrogens is 407 g/mol. The molecule has 1 aromatic heterocycles. The number of carbonyl (C=O) groups is 1. The van der Waals surface area contributed by atoms with Crippen molar-refractivity contribution in [2.45, 2.75) is 13.0 Å². The molecule has 0 saturated carbocycles. The molecule has 32 heavy (non-hydrogen) atoms. The largest absolute Gasteiger partial charge is 0.367 e. The maximum absolute atomic E-state index is 14.8. The summed E-state index contributed by atoms with van der Waals surface area (Å²) in [6.07, 6.45) is 0. The second-order valence-electron chi connectivity index (χ2n) is 8.18. The van der Waals surface area contributed by atoms with Crippen LogP contribution >= 0.6 is 0 Å². The molecule has 2 aromatic carbocycles. The van der Waals surface area contributed by atoms with Crippen LogP contribution in [0.2, 0.25) is 0 Å². The first-order chi connectivity index (χ1) is 15.4. The average Bonchev–Trinajstić information content (AvgIpc) is 2.80. The van der Waals surface area contributed by atoms with E-state index in [1.807, 2.05) is 41.3 Å². The maximum atomic E-state index is 14.8. The van der Waals surface area contributed by atoms with Crippen LogP contribution in [0.1, 0.15) is 28.9 Å². The van der Waals surface area contributed by atoms with Gasteiger partial charge >= 0.3 is 0 Å². The Morgan fingerprint density at radius 1 is 1.03 bits per heavy atom. The number of aromatic nitrogens is 1. The van der Waals surface area contributed by atoms with Crippen molar-refractivity contribution in [3.8, 4) is 11.3 Å². The Kier molecular flexibility index (Phi) is 6.37. The van der Waals surface area contributed by atoms with Gasteiger partial charge in [-0.05, 0) is 49.4 Å². The van der Waals surface area contributed by atoms with Crippen molar-refractivity contribution >= 4 is 11.6 Å². The third-order valence-corrected chi connectivity index (χ3v) is 5.90. The Bertz CT molecular complexity index is 1150. The van der Waals surface area contributed by atoms with Crippen LogP contribution in [0.15, 0.2) is 65.5 Å². The van der Waals surface area contributed by atoms with Crippen LogP contribution in [0.3, 0.4) is 0 Å². The predicted octanol–water partition coefficient (Wildman–Crippen LogP) is 3.42. The first-order valence-corrected chi connectivity index (χ1v) is 10.7. The summed E-state index contributed by atoms with van der Waals surface area (Å²) < 4.78 is 14.8. The molecule has 2 heterocycles. The van der Waals surface area contributed by atoms with Gasteiger partial charge < -0.3 is 20.1 Å². The SMILES string of the molecule is CC(NC(=O)c1ccc(-c2ccccc2)[nH]c1=O)c1ccc(N2CCN(C)CC2)c(F)c1. The monoisotopic (exact) mass is 434 g/mol. The molecule has 166 valence electrons. The fraction of sp³-hybridized carbons (Fsp3) is 0.280. The van der Waals surface area contributed by atoms with Gasteiger partial charge in [0, 0.05) is 31.9 Å². The highest BCUT2D eigenvalue weighted by molar-refractivity contribution is 5.94. The molecular formula is C25H27FN4O2. The van der Waals surface area contributed by atoms with Gasteiger partial charge in [-0.15, -0.1) is 0 Å². The molecule has 0 spiro atoms. The summed E-state index contributed by atoms with van der Waals surface area (Å²) in [5.74, 6) is -0.805. The number of piperazine rings is 1. The van der Waals surface area contributed by atoms with Gasteiger partial charge in [0.05, 0.1) is 11.7 Å². The number of hydrogen-bond donors (Lipinski definition) is 2. The molecule has 1 aliphatic rings. The molecule has 1 amide bonds. The first-order valence-electron chi connectivity index (χ1n) is 10.7. The number of hydrogen-bond acceptors (Lipinski definition) is 4. The zero-order valence-corrected chi connectivity index (χ0v) is 18.3. The molecule has 0 aliphatic carbocycles. The number of nitrogens with zero attached hydrogens (tertiary/aromatic N) is 2. The molecule has 2 N–H and O–H groups in total. The van der Waals surface area contributed by atoms with Crippen LogP contribution in [0.25, 0.3) is 11.3 Å². The van der Waals surface area contributed by atoms with E-state index in [-0.39, 0.29) is 11.4 Å². The van der Waals surface area contributed by atoms with E-state index >= 15 is 0 Å². The van der Waals surface area contributed by atoms with Crippen LogP contribution in [0.5, 0.6) is 0 Å². The number of likely N-dealkylation sites (N-methyl/N-ethyl adjacent to an activating group) is 1. The summed E-state index contributed by atoms with van der Waals surface area (Å²) in [7, 11) is 2.06. The third-order valence-electron chi connectivity index (χ3n) is 5.90. The summed E-state index contributed by atoms with van der Waals surface area (Å²) in [6.45, 7) is 5.12. The van der Waals surface area contributed by atoms with Crippen LogP contribution < -0.4 is 15.8 Å². The molecule has 1 fully saturated rings. The highest BCUT2D eigenvalue weighted by Crippen LogP contribution is 2.24. The number of anilines is 1. The topological polar surface area (TPSA) is 68.4 Å². The van der Waals surface area contributed by atoms with E-state index in [4.69, 9.17) is 0 Å². The number of amides is 1. The lowest BCUT2D eigenvalue weighted by Gasteiger charge is -2.34. The average molecular weight is 435 g/mol. The quantitative estimate of drug-likeness (QED) is 0.646. The van der Waals surface area contributed by atoms with E-state index in [2.05, 4.69) is 22.2 Å². The summed E-state index contributed by atoms with van der Waals surface area (Å²) in [5.41, 5.74) is 2.28. The lowest BCUT2D eigenvalue weighted by Crippen LogP contribution is -2.44. The van der Waals surface area contributed by atoms with Gasteiger partial charge in [0.25, 0.3) is 11.5 Å². The van der Waals surface area contributed by atoms with E-state index in [0.717, 1.165) is 31.7 Å². The van der Waals surface area contributed by atoms with Gasteiger partial charge in [0.15, 0.2) is 0 Å². The van der Waals surface area contributed by atoms with Crippen molar-refractivity contribution in [3.63, 3.8) is 0 Å². The molecule has 1 aliphatic heterocycles. The highest BCUT2D eigenvalue weighted by atomic mass is 19.1. The normalized spacial score (nSPS) is 15.4. The lowest BCUT2D eigenvalue weighted by molar-refractivity contribution is 0.0938. The number of aromatic amines is 1. The summed E-state index contributed by atoms with van der Waals surface area (Å²) in [6, 6.07) is 17.2. The molecule has 0 bridgehead atoms. The molecule has 6 nitrogen and oxygen atoms in total. The zero-order valence-electron chi connectivity index (χ0n) is 18.3. The highest BCUT2D eigenvalue weighted by Gasteiger charge is 2.20. The van der Waals surface area contributed by atoms with E-state index < -0.39 is 17.5 Å². The molecule has 7 heteroatoms. The standard InChI is InChI=1S/C25H27FN4O2/c1-17(19-8-11-23(21(26)16-19)30-14-12-29(2)13-15-30)27-24(31)20-9-10-22(28-25(20)32)18-6-4-3-5-7-18/h3-11,16-17H,12-15H2,1-2H3,(H,27,31)(H,28,32). The number of halogens is 1. The van der Waals surface area contributed by atoms with Crippen LogP contribution in [0.4, 0.5) is 10.1 Å². The van der Waals surface area contributed by atoms with Crippen molar-refractivity contribution in [2.24, 2.45) is 0 Å². The van der Waals surface area contributed by atoms with Gasteiger partial charge in [-0.1, -0.05) is 36.4 Å². The smallest absolute Gasteiger partial charge is 0.261 e. The van der Waals surface area contributed by atoms with Crippen LogP contribution in [-0.2, 0) is 0 Å². The Hall–Kier alpha value is -3.45. The number of rotatable bonds is 5. The van der Waals surface area contributed by atoms with Gasteiger partial charge in [-0.3, -0.25) is 9.59 Å². The van der Waals surface area contributed by atoms with Gasteiger partial charge in [-0.2, -0.15) is 0 Å². The fourth-order valence-corrected chi connectivity index (χ4v) is 3.89. The van der Waals surface area contributed by atoms with Crippen molar-refractivity contribution in [2.75, 3.05) is 38.1 Å². The van der Waals surface area contributed by atoms with Crippen molar-refractivity contribution in [3.05, 3.63) is 88.0 Å². The Balaban J connectivity index is 1.45. The fourth-order valence-electron chi connectivity index (χ4n) is 3.89. The minimum atomic E-state index is -0.498. The molecule has 3 aromatic rings. The van der Waals surface area contributed by atoms with E-state index in [1.54, 1.807) is 19.1 Å². The van der Waals surface area contributed by atoms with E-state index in [1.165, 1.54) is 12.1 Å². The Labute approximate surface area is 186 Å². The number of pyridine rings is 1. The molecule has 1 saturated heterocycles. The van der Waals surface area contributed by atoms with Crippen molar-refractivity contribution in [1.29, 1.82) is 0 Å². The first kappa shape index (κ1) is 21.8.